The number of fused-ring (bicyclic) bond motifs is 9. The van der Waals surface area contributed by atoms with Crippen LogP contribution in [0, 0.1) is 0 Å². The van der Waals surface area contributed by atoms with Gasteiger partial charge in [0.25, 0.3) is 0 Å². The predicted octanol–water partition coefficient (Wildman–Crippen LogP) is 16.2. The van der Waals surface area contributed by atoms with Crippen LogP contribution in [0.2, 0.25) is 0 Å². The van der Waals surface area contributed by atoms with E-state index in [0.717, 1.165) is 17.1 Å². The third-order valence-corrected chi connectivity index (χ3v) is 12.3. The van der Waals surface area contributed by atoms with Crippen LogP contribution in [0.3, 0.4) is 0 Å². The van der Waals surface area contributed by atoms with Gasteiger partial charge < -0.3 is 9.30 Å². The second kappa shape index (κ2) is 13.9. The number of anilines is 3. The van der Waals surface area contributed by atoms with E-state index in [2.05, 4.69) is 240 Å². The first-order valence-electron chi connectivity index (χ1n) is 20.7. The fourth-order valence-corrected chi connectivity index (χ4v) is 9.62. The summed E-state index contributed by atoms with van der Waals surface area (Å²) in [5.41, 5.74) is 14.3. The molecule has 0 N–H and O–H groups in total. The topological polar surface area (TPSA) is 7.65 Å². The average molecular weight is 763 g/mol. The van der Waals surface area contributed by atoms with Gasteiger partial charge in [-0.15, -0.1) is 0 Å². The molecular formula is C58H38N2. The molecule has 0 aliphatic heterocycles. The highest BCUT2D eigenvalue weighted by Crippen LogP contribution is 2.44. The SMILES string of the molecule is c1ccc(-c2c3ccccc3n3c2ccc2cccc(-c4ccc(N(c5ccc(-c6cccc7ccccc67)cc5)c5cc6ccccc6c6ccccc56)cc4)c23)cc1. The van der Waals surface area contributed by atoms with Crippen LogP contribution < -0.4 is 4.90 Å². The fraction of sp³-hybridized carbons (Fsp3) is 0. The number of hydrogen-bond acceptors (Lipinski definition) is 1. The van der Waals surface area contributed by atoms with Gasteiger partial charge in [0.15, 0.2) is 0 Å². The van der Waals surface area contributed by atoms with Crippen molar-refractivity contribution in [2.24, 2.45) is 0 Å². The van der Waals surface area contributed by atoms with E-state index in [1.54, 1.807) is 0 Å². The third kappa shape index (κ3) is 5.42. The highest BCUT2D eigenvalue weighted by Gasteiger charge is 2.20. The maximum Gasteiger partial charge on any atom is 0.0612 e. The van der Waals surface area contributed by atoms with Gasteiger partial charge in [-0.2, -0.15) is 0 Å². The largest absolute Gasteiger partial charge is 0.310 e. The summed E-state index contributed by atoms with van der Waals surface area (Å²) < 4.78 is 2.47. The fourth-order valence-electron chi connectivity index (χ4n) is 9.62. The van der Waals surface area contributed by atoms with Crippen molar-refractivity contribution in [1.29, 1.82) is 0 Å². The molecule has 12 rings (SSSR count). The summed E-state index contributed by atoms with van der Waals surface area (Å²) in [4.78, 5) is 2.43. The smallest absolute Gasteiger partial charge is 0.0612 e. The number of rotatable bonds is 6. The first-order chi connectivity index (χ1) is 29.8. The molecule has 0 saturated heterocycles. The van der Waals surface area contributed by atoms with Crippen LogP contribution in [0.1, 0.15) is 0 Å². The molecule has 0 radical (unpaired) electrons. The minimum absolute atomic E-state index is 1.10. The van der Waals surface area contributed by atoms with Gasteiger partial charge in [-0.05, 0) is 97.0 Å². The number of aromatic nitrogens is 1. The van der Waals surface area contributed by atoms with Gasteiger partial charge in [-0.1, -0.05) is 188 Å². The number of hydrogen-bond donors (Lipinski definition) is 0. The molecule has 280 valence electrons. The minimum atomic E-state index is 1.10. The lowest BCUT2D eigenvalue weighted by Crippen LogP contribution is -2.10. The molecule has 0 fully saturated rings. The van der Waals surface area contributed by atoms with Crippen LogP contribution in [-0.4, -0.2) is 4.40 Å². The zero-order valence-corrected chi connectivity index (χ0v) is 32.8. The van der Waals surface area contributed by atoms with Gasteiger partial charge in [-0.25, -0.2) is 0 Å². The molecule has 0 unspecified atom stereocenters. The molecule has 0 aliphatic rings. The Morgan fingerprint density at radius 1 is 0.300 bits per heavy atom. The first-order valence-corrected chi connectivity index (χ1v) is 20.7. The average Bonchev–Trinajstić information content (AvgIpc) is 3.67. The van der Waals surface area contributed by atoms with Gasteiger partial charge in [-0.3, -0.25) is 0 Å². The molecule has 0 bridgehead atoms. The Morgan fingerprint density at radius 2 is 0.850 bits per heavy atom. The summed E-state index contributed by atoms with van der Waals surface area (Å²) in [6.45, 7) is 0. The number of nitrogens with zero attached hydrogens (tertiary/aromatic N) is 2. The summed E-state index contributed by atoms with van der Waals surface area (Å²) in [6.07, 6.45) is 0. The van der Waals surface area contributed by atoms with E-state index in [1.165, 1.54) is 93.0 Å². The van der Waals surface area contributed by atoms with Gasteiger partial charge in [0.1, 0.15) is 0 Å². The Hall–Kier alpha value is -7.94. The minimum Gasteiger partial charge on any atom is -0.310 e. The van der Waals surface area contributed by atoms with Crippen LogP contribution in [0.5, 0.6) is 0 Å². The molecular weight excluding hydrogens is 725 g/mol. The number of pyridine rings is 1. The third-order valence-electron chi connectivity index (χ3n) is 12.3. The molecule has 60 heavy (non-hydrogen) atoms. The first kappa shape index (κ1) is 34.1. The van der Waals surface area contributed by atoms with Crippen molar-refractivity contribution in [2.45, 2.75) is 0 Å². The Kier molecular flexibility index (Phi) is 7.89. The Balaban J connectivity index is 1.04. The van der Waals surface area contributed by atoms with Crippen molar-refractivity contribution in [1.82, 2.24) is 4.40 Å². The number of benzene rings is 10. The van der Waals surface area contributed by atoms with Crippen molar-refractivity contribution in [3.05, 3.63) is 231 Å². The van der Waals surface area contributed by atoms with E-state index in [4.69, 9.17) is 0 Å². The van der Waals surface area contributed by atoms with Gasteiger partial charge in [0.2, 0.25) is 0 Å². The molecule has 0 saturated carbocycles. The van der Waals surface area contributed by atoms with Crippen molar-refractivity contribution in [3.8, 4) is 33.4 Å². The molecule has 2 nitrogen and oxygen atoms in total. The lowest BCUT2D eigenvalue weighted by molar-refractivity contribution is 1.30. The van der Waals surface area contributed by atoms with Crippen molar-refractivity contribution < 1.29 is 0 Å². The molecule has 2 heteroatoms. The van der Waals surface area contributed by atoms with Crippen LogP contribution in [0.25, 0.3) is 93.0 Å². The van der Waals surface area contributed by atoms with E-state index >= 15 is 0 Å². The quantitative estimate of drug-likeness (QED) is 0.153. The molecule has 2 heterocycles. The number of para-hydroxylation sites is 2. The highest BCUT2D eigenvalue weighted by atomic mass is 15.1. The maximum absolute atomic E-state index is 2.47. The second-order valence-electron chi connectivity index (χ2n) is 15.7. The predicted molar refractivity (Wildman–Crippen MR) is 256 cm³/mol. The molecule has 12 aromatic rings. The van der Waals surface area contributed by atoms with Crippen molar-refractivity contribution >= 4 is 76.7 Å². The molecule has 0 amide bonds. The molecule has 0 aliphatic carbocycles. The van der Waals surface area contributed by atoms with Crippen LogP contribution >= 0.6 is 0 Å². The highest BCUT2D eigenvalue weighted by molar-refractivity contribution is 6.15. The summed E-state index contributed by atoms with van der Waals surface area (Å²) >= 11 is 0. The molecule has 0 spiro atoms. The van der Waals surface area contributed by atoms with Crippen LogP contribution in [-0.2, 0) is 0 Å². The lowest BCUT2D eigenvalue weighted by Gasteiger charge is -2.28. The van der Waals surface area contributed by atoms with Crippen LogP contribution in [0.15, 0.2) is 231 Å². The van der Waals surface area contributed by atoms with E-state index in [9.17, 15) is 0 Å². The zero-order valence-electron chi connectivity index (χ0n) is 32.8. The van der Waals surface area contributed by atoms with Gasteiger partial charge >= 0.3 is 0 Å². The van der Waals surface area contributed by atoms with Crippen molar-refractivity contribution in [2.75, 3.05) is 4.90 Å². The summed E-state index contributed by atoms with van der Waals surface area (Å²) in [6, 6.07) is 84.3. The lowest BCUT2D eigenvalue weighted by atomic mass is 9.97. The summed E-state index contributed by atoms with van der Waals surface area (Å²) in [7, 11) is 0. The maximum atomic E-state index is 2.47. The molecule has 2 aromatic heterocycles. The van der Waals surface area contributed by atoms with E-state index in [-0.39, 0.29) is 0 Å². The Bertz CT molecular complexity index is 3580. The Labute approximate surface area is 348 Å². The van der Waals surface area contributed by atoms with Gasteiger partial charge in [0.05, 0.1) is 22.2 Å². The van der Waals surface area contributed by atoms with E-state index in [1.807, 2.05) is 0 Å². The summed E-state index contributed by atoms with van der Waals surface area (Å²) in [5.74, 6) is 0. The molecule has 10 aromatic carbocycles. The van der Waals surface area contributed by atoms with Crippen LogP contribution in [0.4, 0.5) is 17.1 Å². The van der Waals surface area contributed by atoms with E-state index < -0.39 is 0 Å². The summed E-state index contributed by atoms with van der Waals surface area (Å²) in [5, 5.41) is 9.90. The van der Waals surface area contributed by atoms with Gasteiger partial charge in [0, 0.05) is 33.3 Å². The van der Waals surface area contributed by atoms with Crippen molar-refractivity contribution in [3.63, 3.8) is 0 Å². The zero-order chi connectivity index (χ0) is 39.6. The monoisotopic (exact) mass is 762 g/mol. The molecule has 0 atom stereocenters. The Morgan fingerprint density at radius 3 is 1.60 bits per heavy atom. The standard InChI is InChI=1S/C58H38N2/c1-2-15-42(16-3-1)57-53-24-10-11-27-54(53)60-55(57)37-32-43-19-13-26-50(58(43)60)41-30-35-46(36-31-41)59(56-38-44-17-5-7-21-49(44)51-22-8-9-23-52(51)56)45-33-28-40(29-34-45)48-25-12-18-39-14-4-6-20-47(39)48/h1-38H. The second-order valence-corrected chi connectivity index (χ2v) is 15.7. The van der Waals surface area contributed by atoms with E-state index in [0.29, 0.717) is 0 Å². The normalized spacial score (nSPS) is 11.7.